The van der Waals surface area contributed by atoms with Gasteiger partial charge >= 0.3 is 0 Å². The monoisotopic (exact) mass is 478 g/mol. The molecule has 3 aromatic carbocycles. The van der Waals surface area contributed by atoms with Crippen LogP contribution in [0.5, 0.6) is 0 Å². The normalized spacial score (nSPS) is 14.5. The van der Waals surface area contributed by atoms with E-state index in [2.05, 4.69) is 15.5 Å². The Kier molecular flexibility index (Phi) is 7.05. The van der Waals surface area contributed by atoms with Gasteiger partial charge in [0.2, 0.25) is 5.91 Å². The van der Waals surface area contributed by atoms with Crippen molar-refractivity contribution in [2.24, 2.45) is 0 Å². The zero-order valence-corrected chi connectivity index (χ0v) is 20.4. The van der Waals surface area contributed by atoms with Gasteiger partial charge in [-0.25, -0.2) is 4.98 Å². The van der Waals surface area contributed by atoms with Gasteiger partial charge in [0.1, 0.15) is 0 Å². The van der Waals surface area contributed by atoms with Crippen molar-refractivity contribution in [1.29, 1.82) is 0 Å². The number of rotatable bonds is 6. The topological polar surface area (TPSA) is 74.3 Å². The molecule has 6 heteroatoms. The molecule has 0 aliphatic carbocycles. The van der Waals surface area contributed by atoms with E-state index in [4.69, 9.17) is 4.98 Å². The third kappa shape index (κ3) is 5.61. The number of amides is 2. The van der Waals surface area contributed by atoms with Crippen molar-refractivity contribution in [3.8, 4) is 11.3 Å². The largest absolute Gasteiger partial charge is 0.349 e. The number of pyridine rings is 1. The summed E-state index contributed by atoms with van der Waals surface area (Å²) in [6, 6.07) is 27.4. The molecule has 0 atom stereocenters. The minimum atomic E-state index is -0.0783. The first-order chi connectivity index (χ1) is 17.5. The standard InChI is InChI=1S/C30H30N4O2/c1-21-12-13-27-25(18-21)26(19-28(33-27)22-8-4-2-5-9-22)30(36)32-24-14-16-34(17-15-24)20-29(35)31-23-10-6-3-7-11-23/h2-13,18-19,24H,14-17,20H2,1H3,(H,31,35)(H,32,36). The Balaban J connectivity index is 1.25. The number of benzene rings is 3. The van der Waals surface area contributed by atoms with Crippen LogP contribution in [0.3, 0.4) is 0 Å². The molecule has 36 heavy (non-hydrogen) atoms. The molecule has 6 nitrogen and oxygen atoms in total. The van der Waals surface area contributed by atoms with Crippen LogP contribution in [-0.4, -0.2) is 47.4 Å². The highest BCUT2D eigenvalue weighted by Crippen LogP contribution is 2.26. The molecule has 1 aliphatic heterocycles. The minimum Gasteiger partial charge on any atom is -0.349 e. The second kappa shape index (κ2) is 10.7. The van der Waals surface area contributed by atoms with E-state index in [-0.39, 0.29) is 17.9 Å². The molecule has 0 bridgehead atoms. The van der Waals surface area contributed by atoms with Gasteiger partial charge in [-0.2, -0.15) is 0 Å². The minimum absolute atomic E-state index is 0.0178. The maximum atomic E-state index is 13.5. The third-order valence-corrected chi connectivity index (χ3v) is 6.63. The number of hydrogen-bond acceptors (Lipinski definition) is 4. The number of carbonyl (C=O) groups is 2. The van der Waals surface area contributed by atoms with Crippen LogP contribution >= 0.6 is 0 Å². The summed E-state index contributed by atoms with van der Waals surface area (Å²) in [6.45, 7) is 3.90. The lowest BCUT2D eigenvalue weighted by molar-refractivity contribution is -0.117. The highest BCUT2D eigenvalue weighted by Gasteiger charge is 2.24. The zero-order valence-electron chi connectivity index (χ0n) is 20.4. The SMILES string of the molecule is Cc1ccc2nc(-c3ccccc3)cc(C(=O)NC3CCN(CC(=O)Nc4ccccc4)CC3)c2c1. The summed E-state index contributed by atoms with van der Waals surface area (Å²) in [7, 11) is 0. The summed E-state index contributed by atoms with van der Waals surface area (Å²) in [4.78, 5) is 32.8. The lowest BCUT2D eigenvalue weighted by Crippen LogP contribution is -2.46. The molecule has 2 N–H and O–H groups in total. The zero-order chi connectivity index (χ0) is 24.9. The van der Waals surface area contributed by atoms with E-state index in [0.29, 0.717) is 12.1 Å². The molecule has 1 saturated heterocycles. The van der Waals surface area contributed by atoms with Gasteiger partial charge in [0.25, 0.3) is 5.91 Å². The number of nitrogens with one attached hydrogen (secondary N) is 2. The second-order valence-corrected chi connectivity index (χ2v) is 9.38. The van der Waals surface area contributed by atoms with Gasteiger partial charge in [-0.15, -0.1) is 0 Å². The molecule has 182 valence electrons. The molecular formula is C30H30N4O2. The third-order valence-electron chi connectivity index (χ3n) is 6.63. The van der Waals surface area contributed by atoms with Crippen molar-refractivity contribution < 1.29 is 9.59 Å². The number of fused-ring (bicyclic) bond motifs is 1. The van der Waals surface area contributed by atoms with E-state index >= 15 is 0 Å². The van der Waals surface area contributed by atoms with Crippen LogP contribution in [-0.2, 0) is 4.79 Å². The number of nitrogens with zero attached hydrogens (tertiary/aromatic N) is 2. The van der Waals surface area contributed by atoms with Gasteiger partial charge in [-0.3, -0.25) is 14.5 Å². The Morgan fingerprint density at radius 1 is 0.917 bits per heavy atom. The molecule has 1 fully saturated rings. The van der Waals surface area contributed by atoms with Gasteiger partial charge in [0.15, 0.2) is 0 Å². The maximum absolute atomic E-state index is 13.5. The Hall–Kier alpha value is -4.03. The van der Waals surface area contributed by atoms with Crippen LogP contribution in [0.15, 0.2) is 84.9 Å². The second-order valence-electron chi connectivity index (χ2n) is 9.38. The van der Waals surface area contributed by atoms with Crippen molar-refractivity contribution in [2.45, 2.75) is 25.8 Å². The lowest BCUT2D eigenvalue weighted by Gasteiger charge is -2.32. The highest BCUT2D eigenvalue weighted by atomic mass is 16.2. The molecule has 1 aliphatic rings. The number of aryl methyl sites for hydroxylation is 1. The number of hydrogen-bond donors (Lipinski definition) is 2. The molecule has 2 heterocycles. The lowest BCUT2D eigenvalue weighted by atomic mass is 10.0. The van der Waals surface area contributed by atoms with E-state index in [9.17, 15) is 9.59 Å². The Morgan fingerprint density at radius 2 is 1.61 bits per heavy atom. The molecular weight excluding hydrogens is 448 g/mol. The van der Waals surface area contributed by atoms with E-state index in [0.717, 1.165) is 59.3 Å². The highest BCUT2D eigenvalue weighted by molar-refractivity contribution is 6.07. The summed E-state index contributed by atoms with van der Waals surface area (Å²) in [5.41, 5.74) is 5.12. The van der Waals surface area contributed by atoms with Gasteiger partial charge in [0.05, 0.1) is 23.3 Å². The van der Waals surface area contributed by atoms with Crippen molar-refractivity contribution in [2.75, 3.05) is 25.0 Å². The molecule has 0 radical (unpaired) electrons. The molecule has 0 spiro atoms. The van der Waals surface area contributed by atoms with Crippen molar-refractivity contribution >= 4 is 28.4 Å². The molecule has 5 rings (SSSR count). The van der Waals surface area contributed by atoms with E-state index in [1.54, 1.807) is 0 Å². The van der Waals surface area contributed by atoms with Crippen LogP contribution in [0.1, 0.15) is 28.8 Å². The summed E-state index contributed by atoms with van der Waals surface area (Å²) in [6.07, 6.45) is 1.61. The van der Waals surface area contributed by atoms with E-state index < -0.39 is 0 Å². The van der Waals surface area contributed by atoms with E-state index in [1.165, 1.54) is 0 Å². The first-order valence-corrected chi connectivity index (χ1v) is 12.4. The van der Waals surface area contributed by atoms with E-state index in [1.807, 2.05) is 91.9 Å². The summed E-state index contributed by atoms with van der Waals surface area (Å²) in [5.74, 6) is -0.0961. The van der Waals surface area contributed by atoms with Gasteiger partial charge in [-0.1, -0.05) is 60.2 Å². The summed E-state index contributed by atoms with van der Waals surface area (Å²) < 4.78 is 0. The van der Waals surface area contributed by atoms with Crippen LogP contribution in [0.2, 0.25) is 0 Å². The predicted molar refractivity (Wildman–Crippen MR) is 144 cm³/mol. The summed E-state index contributed by atoms with van der Waals surface area (Å²) in [5, 5.41) is 7.05. The fraction of sp³-hybridized carbons (Fsp3) is 0.233. The Labute approximate surface area is 211 Å². The van der Waals surface area contributed by atoms with Crippen LogP contribution < -0.4 is 10.6 Å². The smallest absolute Gasteiger partial charge is 0.252 e. The molecule has 2 amide bonds. The van der Waals surface area contributed by atoms with Crippen molar-refractivity contribution in [3.05, 3.63) is 96.1 Å². The van der Waals surface area contributed by atoms with Crippen LogP contribution in [0.25, 0.3) is 22.2 Å². The Bertz CT molecular complexity index is 1360. The first-order valence-electron chi connectivity index (χ1n) is 12.4. The number of piperidine rings is 1. The van der Waals surface area contributed by atoms with Gasteiger partial charge in [-0.05, 0) is 50.1 Å². The predicted octanol–water partition coefficient (Wildman–Crippen LogP) is 5.04. The van der Waals surface area contributed by atoms with Crippen LogP contribution in [0.4, 0.5) is 5.69 Å². The fourth-order valence-corrected chi connectivity index (χ4v) is 4.71. The molecule has 4 aromatic rings. The van der Waals surface area contributed by atoms with Crippen molar-refractivity contribution in [1.82, 2.24) is 15.2 Å². The average molecular weight is 479 g/mol. The number of anilines is 1. The van der Waals surface area contributed by atoms with Crippen molar-refractivity contribution in [3.63, 3.8) is 0 Å². The number of para-hydroxylation sites is 1. The summed E-state index contributed by atoms with van der Waals surface area (Å²) >= 11 is 0. The Morgan fingerprint density at radius 3 is 2.33 bits per heavy atom. The molecule has 0 saturated carbocycles. The molecule has 0 unspecified atom stereocenters. The maximum Gasteiger partial charge on any atom is 0.252 e. The first kappa shape index (κ1) is 23.7. The van der Waals surface area contributed by atoms with Gasteiger partial charge in [0, 0.05) is 35.8 Å². The molecule has 1 aromatic heterocycles. The average Bonchev–Trinajstić information content (AvgIpc) is 2.90. The number of carbonyl (C=O) groups excluding carboxylic acids is 2. The number of likely N-dealkylation sites (tertiary alicyclic amines) is 1. The quantitative estimate of drug-likeness (QED) is 0.407. The number of aromatic nitrogens is 1. The fourth-order valence-electron chi connectivity index (χ4n) is 4.71. The van der Waals surface area contributed by atoms with Gasteiger partial charge < -0.3 is 10.6 Å². The van der Waals surface area contributed by atoms with Crippen LogP contribution in [0, 0.1) is 6.92 Å².